The number of piperidine rings is 1. The van der Waals surface area contributed by atoms with E-state index in [1.807, 2.05) is 0 Å². The van der Waals surface area contributed by atoms with E-state index in [-0.39, 0.29) is 0 Å². The van der Waals surface area contributed by atoms with Crippen molar-refractivity contribution in [3.8, 4) is 0 Å². The average Bonchev–Trinajstić information content (AvgIpc) is 1.94. The standard InChI is InChI=1S/C10H21NO/c1-8-6-10(2,3)9(4-5-12)11-7-8/h8-9,11-12H,4-7H2,1-3H3. The normalized spacial score (nSPS) is 35.0. The minimum absolute atomic E-state index is 0.301. The van der Waals surface area contributed by atoms with Gasteiger partial charge in [-0.15, -0.1) is 0 Å². The number of aliphatic hydroxyl groups is 1. The van der Waals surface area contributed by atoms with Crippen molar-refractivity contribution in [1.82, 2.24) is 5.32 Å². The highest BCUT2D eigenvalue weighted by Crippen LogP contribution is 2.34. The number of aliphatic hydroxyl groups excluding tert-OH is 1. The lowest BCUT2D eigenvalue weighted by Crippen LogP contribution is -2.50. The van der Waals surface area contributed by atoms with Crippen LogP contribution in [0.2, 0.25) is 0 Å². The van der Waals surface area contributed by atoms with E-state index in [1.165, 1.54) is 6.42 Å². The monoisotopic (exact) mass is 171 g/mol. The highest BCUT2D eigenvalue weighted by molar-refractivity contribution is 4.90. The fraction of sp³-hybridized carbons (Fsp3) is 1.00. The van der Waals surface area contributed by atoms with Crippen LogP contribution in [0.15, 0.2) is 0 Å². The molecule has 2 nitrogen and oxygen atoms in total. The summed E-state index contributed by atoms with van der Waals surface area (Å²) in [4.78, 5) is 0. The molecule has 12 heavy (non-hydrogen) atoms. The van der Waals surface area contributed by atoms with Crippen LogP contribution in [-0.2, 0) is 0 Å². The van der Waals surface area contributed by atoms with E-state index < -0.39 is 0 Å². The second-order valence-electron chi connectivity index (χ2n) is 4.77. The maximum Gasteiger partial charge on any atom is 0.0446 e. The third-order valence-electron chi connectivity index (χ3n) is 2.95. The number of hydrogen-bond acceptors (Lipinski definition) is 2. The van der Waals surface area contributed by atoms with E-state index in [9.17, 15) is 0 Å². The van der Waals surface area contributed by atoms with Gasteiger partial charge in [0, 0.05) is 12.6 Å². The van der Waals surface area contributed by atoms with Gasteiger partial charge in [0.2, 0.25) is 0 Å². The molecule has 1 aliphatic rings. The van der Waals surface area contributed by atoms with Crippen molar-refractivity contribution >= 4 is 0 Å². The van der Waals surface area contributed by atoms with Gasteiger partial charge in [-0.05, 0) is 30.7 Å². The first-order valence-corrected chi connectivity index (χ1v) is 4.90. The summed E-state index contributed by atoms with van der Waals surface area (Å²) in [6, 6.07) is 0.499. The Kier molecular flexibility index (Phi) is 3.13. The Bertz CT molecular complexity index is 145. The molecule has 2 N–H and O–H groups in total. The Morgan fingerprint density at radius 1 is 1.50 bits per heavy atom. The maximum atomic E-state index is 8.88. The van der Waals surface area contributed by atoms with Crippen LogP contribution in [0.5, 0.6) is 0 Å². The molecule has 1 rings (SSSR count). The molecule has 72 valence electrons. The molecule has 2 atom stereocenters. The molecule has 0 amide bonds. The molecular weight excluding hydrogens is 150 g/mol. The highest BCUT2D eigenvalue weighted by atomic mass is 16.3. The van der Waals surface area contributed by atoms with Crippen LogP contribution in [-0.4, -0.2) is 24.3 Å². The van der Waals surface area contributed by atoms with Crippen LogP contribution < -0.4 is 5.32 Å². The molecule has 2 unspecified atom stereocenters. The van der Waals surface area contributed by atoms with Gasteiger partial charge in [-0.25, -0.2) is 0 Å². The summed E-state index contributed by atoms with van der Waals surface area (Å²) in [5, 5.41) is 12.4. The Labute approximate surface area is 75.4 Å². The van der Waals surface area contributed by atoms with Gasteiger partial charge in [0.15, 0.2) is 0 Å². The van der Waals surface area contributed by atoms with Crippen molar-refractivity contribution in [2.75, 3.05) is 13.2 Å². The minimum atomic E-state index is 0.301. The van der Waals surface area contributed by atoms with Crippen LogP contribution in [0.25, 0.3) is 0 Å². The third-order valence-corrected chi connectivity index (χ3v) is 2.95. The van der Waals surface area contributed by atoms with E-state index in [0.717, 1.165) is 18.9 Å². The minimum Gasteiger partial charge on any atom is -0.396 e. The molecule has 1 heterocycles. The van der Waals surface area contributed by atoms with Gasteiger partial charge >= 0.3 is 0 Å². The van der Waals surface area contributed by atoms with Crippen molar-refractivity contribution < 1.29 is 5.11 Å². The molecular formula is C10H21NO. The summed E-state index contributed by atoms with van der Waals surface area (Å²) in [5.74, 6) is 0.773. The van der Waals surface area contributed by atoms with Crippen molar-refractivity contribution in [2.45, 2.75) is 39.7 Å². The maximum absolute atomic E-state index is 8.88. The lowest BCUT2D eigenvalue weighted by Gasteiger charge is -2.42. The Morgan fingerprint density at radius 2 is 2.17 bits per heavy atom. The fourth-order valence-electron chi connectivity index (χ4n) is 2.35. The molecule has 0 bridgehead atoms. The largest absolute Gasteiger partial charge is 0.396 e. The number of rotatable bonds is 2. The first kappa shape index (κ1) is 10.0. The first-order valence-electron chi connectivity index (χ1n) is 4.90. The van der Waals surface area contributed by atoms with Gasteiger partial charge in [0.1, 0.15) is 0 Å². The summed E-state index contributed by atoms with van der Waals surface area (Å²) in [6.45, 7) is 8.26. The second-order valence-corrected chi connectivity index (χ2v) is 4.77. The molecule has 1 fully saturated rings. The Balaban J connectivity index is 2.51. The molecule has 1 aliphatic heterocycles. The van der Waals surface area contributed by atoms with Crippen molar-refractivity contribution in [1.29, 1.82) is 0 Å². The summed E-state index contributed by atoms with van der Waals surface area (Å²) < 4.78 is 0. The number of hydrogen-bond donors (Lipinski definition) is 2. The van der Waals surface area contributed by atoms with Crippen LogP contribution in [0.3, 0.4) is 0 Å². The first-order chi connectivity index (χ1) is 5.56. The Hall–Kier alpha value is -0.0800. The number of nitrogens with one attached hydrogen (secondary N) is 1. The van der Waals surface area contributed by atoms with E-state index in [1.54, 1.807) is 0 Å². The van der Waals surface area contributed by atoms with Crippen LogP contribution >= 0.6 is 0 Å². The zero-order valence-corrected chi connectivity index (χ0v) is 8.43. The van der Waals surface area contributed by atoms with E-state index >= 15 is 0 Å². The van der Waals surface area contributed by atoms with Gasteiger partial charge in [0.05, 0.1) is 0 Å². The third kappa shape index (κ3) is 2.20. The molecule has 0 aromatic heterocycles. The predicted molar refractivity (Wildman–Crippen MR) is 51.1 cm³/mol. The molecule has 0 spiro atoms. The summed E-state index contributed by atoms with van der Waals surface area (Å²) >= 11 is 0. The second kappa shape index (κ2) is 3.75. The molecule has 0 saturated carbocycles. The van der Waals surface area contributed by atoms with Gasteiger partial charge < -0.3 is 10.4 Å². The zero-order valence-electron chi connectivity index (χ0n) is 8.43. The van der Waals surface area contributed by atoms with Crippen molar-refractivity contribution in [3.63, 3.8) is 0 Å². The average molecular weight is 171 g/mol. The zero-order chi connectivity index (χ0) is 9.19. The van der Waals surface area contributed by atoms with E-state index in [4.69, 9.17) is 5.11 Å². The molecule has 0 aromatic carbocycles. The quantitative estimate of drug-likeness (QED) is 0.658. The van der Waals surface area contributed by atoms with Gasteiger partial charge in [-0.2, -0.15) is 0 Å². The summed E-state index contributed by atoms with van der Waals surface area (Å²) in [5.41, 5.74) is 0.348. The van der Waals surface area contributed by atoms with Crippen molar-refractivity contribution in [3.05, 3.63) is 0 Å². The molecule has 2 heteroatoms. The summed E-state index contributed by atoms with van der Waals surface area (Å²) in [7, 11) is 0. The Morgan fingerprint density at radius 3 is 2.67 bits per heavy atom. The van der Waals surface area contributed by atoms with Crippen LogP contribution in [0.4, 0.5) is 0 Å². The van der Waals surface area contributed by atoms with Crippen LogP contribution in [0.1, 0.15) is 33.6 Å². The predicted octanol–water partition coefficient (Wildman–Crippen LogP) is 1.39. The molecule has 0 aromatic rings. The molecule has 1 saturated heterocycles. The summed E-state index contributed by atoms with van der Waals surface area (Å²) in [6.07, 6.45) is 2.16. The van der Waals surface area contributed by atoms with Gasteiger partial charge in [0.25, 0.3) is 0 Å². The smallest absolute Gasteiger partial charge is 0.0446 e. The van der Waals surface area contributed by atoms with Crippen LogP contribution in [0, 0.1) is 11.3 Å². The SMILES string of the molecule is CC1CNC(CCO)C(C)(C)C1. The molecule has 0 radical (unpaired) electrons. The topological polar surface area (TPSA) is 32.3 Å². The van der Waals surface area contributed by atoms with Gasteiger partial charge in [-0.3, -0.25) is 0 Å². The van der Waals surface area contributed by atoms with E-state index in [0.29, 0.717) is 18.1 Å². The highest BCUT2D eigenvalue weighted by Gasteiger charge is 2.34. The van der Waals surface area contributed by atoms with E-state index in [2.05, 4.69) is 26.1 Å². The lowest BCUT2D eigenvalue weighted by molar-refractivity contribution is 0.115. The fourth-order valence-corrected chi connectivity index (χ4v) is 2.35. The van der Waals surface area contributed by atoms with Crippen molar-refractivity contribution in [2.24, 2.45) is 11.3 Å². The van der Waals surface area contributed by atoms with Gasteiger partial charge in [-0.1, -0.05) is 20.8 Å². The molecule has 0 aliphatic carbocycles. The lowest BCUT2D eigenvalue weighted by atomic mass is 9.73.